The van der Waals surface area contributed by atoms with Crippen molar-refractivity contribution in [3.05, 3.63) is 0 Å². The first-order chi connectivity index (χ1) is 6.56. The van der Waals surface area contributed by atoms with E-state index in [1.807, 2.05) is 0 Å². The zero-order valence-corrected chi connectivity index (χ0v) is 8.38. The van der Waals surface area contributed by atoms with Crippen molar-refractivity contribution in [2.75, 3.05) is 33.7 Å². The van der Waals surface area contributed by atoms with Crippen molar-refractivity contribution in [1.82, 2.24) is 14.9 Å². The van der Waals surface area contributed by atoms with Gasteiger partial charge in [0.15, 0.2) is 0 Å². The van der Waals surface area contributed by atoms with Gasteiger partial charge in [-0.1, -0.05) is 0 Å². The maximum atomic E-state index is 10.9. The summed E-state index contributed by atoms with van der Waals surface area (Å²) in [7, 11) is 3.60. The van der Waals surface area contributed by atoms with Crippen LogP contribution >= 0.6 is 0 Å². The normalized spacial score (nSPS) is 23.9. The Morgan fingerprint density at radius 1 is 1.50 bits per heavy atom. The van der Waals surface area contributed by atoms with Gasteiger partial charge in [-0.2, -0.15) is 0 Å². The summed E-state index contributed by atoms with van der Waals surface area (Å²) < 4.78 is 0. The van der Waals surface area contributed by atoms with Crippen molar-refractivity contribution in [3.63, 3.8) is 0 Å². The molecule has 1 unspecified atom stereocenters. The van der Waals surface area contributed by atoms with E-state index in [4.69, 9.17) is 5.11 Å². The van der Waals surface area contributed by atoms with Gasteiger partial charge in [0.25, 0.3) is 0 Å². The molecule has 0 aliphatic carbocycles. The van der Waals surface area contributed by atoms with Crippen molar-refractivity contribution >= 4 is 12.4 Å². The first kappa shape index (κ1) is 10.9. The summed E-state index contributed by atoms with van der Waals surface area (Å²) >= 11 is 0. The number of hydrazine groups is 1. The number of carbonyl (C=O) groups is 2. The molecule has 0 radical (unpaired) electrons. The molecule has 1 aliphatic rings. The molecular formula is C8H15N3O3. The Morgan fingerprint density at radius 2 is 2.14 bits per heavy atom. The van der Waals surface area contributed by atoms with E-state index in [1.165, 1.54) is 4.90 Å². The summed E-state index contributed by atoms with van der Waals surface area (Å²) in [6.45, 7) is 1.38. The molecule has 0 aromatic rings. The second-order valence-corrected chi connectivity index (χ2v) is 3.46. The highest BCUT2D eigenvalue weighted by molar-refractivity contribution is 5.74. The lowest BCUT2D eigenvalue weighted by molar-refractivity contribution is -0.157. The molecule has 0 aromatic carbocycles. The van der Waals surface area contributed by atoms with Gasteiger partial charge >= 0.3 is 5.97 Å². The van der Waals surface area contributed by atoms with Crippen LogP contribution in [0.5, 0.6) is 0 Å². The second-order valence-electron chi connectivity index (χ2n) is 3.46. The number of hydrogen-bond acceptors (Lipinski definition) is 4. The smallest absolute Gasteiger partial charge is 0.324 e. The largest absolute Gasteiger partial charge is 0.480 e. The van der Waals surface area contributed by atoms with Gasteiger partial charge in [0.2, 0.25) is 6.41 Å². The van der Waals surface area contributed by atoms with E-state index in [2.05, 4.69) is 0 Å². The number of carbonyl (C=O) groups excluding carboxylic acids is 1. The maximum absolute atomic E-state index is 10.9. The van der Waals surface area contributed by atoms with Crippen LogP contribution in [0.15, 0.2) is 0 Å². The lowest BCUT2D eigenvalue weighted by Gasteiger charge is -2.40. The van der Waals surface area contributed by atoms with E-state index in [0.29, 0.717) is 19.5 Å². The number of carboxylic acid groups (broad SMARTS) is 1. The van der Waals surface area contributed by atoms with Crippen LogP contribution < -0.4 is 0 Å². The lowest BCUT2D eigenvalue weighted by atomic mass is 10.2. The van der Waals surface area contributed by atoms with Crippen LogP contribution in [0.3, 0.4) is 0 Å². The Kier molecular flexibility index (Phi) is 3.43. The number of rotatable bonds is 3. The summed E-state index contributed by atoms with van der Waals surface area (Å²) in [4.78, 5) is 22.9. The van der Waals surface area contributed by atoms with Crippen molar-refractivity contribution in [2.24, 2.45) is 0 Å². The monoisotopic (exact) mass is 201 g/mol. The number of nitrogens with zero attached hydrogens (tertiary/aromatic N) is 3. The molecule has 0 aromatic heterocycles. The third-order valence-electron chi connectivity index (χ3n) is 2.33. The summed E-state index contributed by atoms with van der Waals surface area (Å²) in [6, 6.07) is -0.635. The van der Waals surface area contributed by atoms with Crippen LogP contribution in [0.25, 0.3) is 0 Å². The first-order valence-corrected chi connectivity index (χ1v) is 4.42. The van der Waals surface area contributed by atoms with Crippen LogP contribution in [0.4, 0.5) is 0 Å². The average Bonchev–Trinajstić information content (AvgIpc) is 2.16. The van der Waals surface area contributed by atoms with E-state index >= 15 is 0 Å². The summed E-state index contributed by atoms with van der Waals surface area (Å²) in [5.41, 5.74) is 0. The minimum absolute atomic E-state index is 0.247. The van der Waals surface area contributed by atoms with E-state index in [1.54, 1.807) is 24.1 Å². The topological polar surface area (TPSA) is 64.1 Å². The molecule has 1 aliphatic heterocycles. The van der Waals surface area contributed by atoms with Gasteiger partial charge in [-0.05, 0) is 0 Å². The fourth-order valence-corrected chi connectivity index (χ4v) is 1.57. The quantitative estimate of drug-likeness (QED) is 0.574. The molecule has 0 saturated carbocycles. The maximum Gasteiger partial charge on any atom is 0.324 e. The minimum atomic E-state index is -0.898. The van der Waals surface area contributed by atoms with Crippen LogP contribution in [0.2, 0.25) is 0 Å². The second kappa shape index (κ2) is 4.39. The van der Waals surface area contributed by atoms with Crippen molar-refractivity contribution < 1.29 is 14.7 Å². The molecule has 6 nitrogen and oxygen atoms in total. The lowest BCUT2D eigenvalue weighted by Crippen LogP contribution is -2.59. The van der Waals surface area contributed by atoms with Crippen molar-refractivity contribution in [2.45, 2.75) is 6.04 Å². The summed E-state index contributed by atoms with van der Waals surface area (Å²) in [6.07, 6.45) is 0.697. The third kappa shape index (κ3) is 2.21. The molecule has 1 fully saturated rings. The Morgan fingerprint density at radius 3 is 2.57 bits per heavy atom. The van der Waals surface area contributed by atoms with Gasteiger partial charge in [-0.3, -0.25) is 9.59 Å². The fourth-order valence-electron chi connectivity index (χ4n) is 1.57. The Hall–Kier alpha value is -1.14. The molecule has 14 heavy (non-hydrogen) atoms. The Bertz CT molecular complexity index is 232. The highest BCUT2D eigenvalue weighted by atomic mass is 16.4. The predicted octanol–water partition coefficient (Wildman–Crippen LogP) is -1.31. The van der Waals surface area contributed by atoms with Crippen LogP contribution in [0.1, 0.15) is 0 Å². The van der Waals surface area contributed by atoms with Gasteiger partial charge in [0.1, 0.15) is 6.04 Å². The van der Waals surface area contributed by atoms with Gasteiger partial charge in [0, 0.05) is 33.7 Å². The van der Waals surface area contributed by atoms with Crippen molar-refractivity contribution in [1.29, 1.82) is 0 Å². The number of hydrogen-bond donors (Lipinski definition) is 1. The number of piperazine rings is 1. The van der Waals surface area contributed by atoms with Gasteiger partial charge in [-0.25, -0.2) is 10.0 Å². The van der Waals surface area contributed by atoms with Crippen LogP contribution in [0, 0.1) is 0 Å². The molecule has 1 N–H and O–H groups in total. The molecular weight excluding hydrogens is 186 g/mol. The fraction of sp³-hybridized carbons (Fsp3) is 0.750. The van der Waals surface area contributed by atoms with E-state index in [-0.39, 0.29) is 6.54 Å². The number of aliphatic carboxylic acids is 1. The molecule has 1 rings (SSSR count). The molecule has 1 atom stereocenters. The molecule has 1 heterocycles. The van der Waals surface area contributed by atoms with Crippen molar-refractivity contribution in [3.8, 4) is 0 Å². The van der Waals surface area contributed by atoms with Gasteiger partial charge in [0.05, 0.1) is 0 Å². The first-order valence-electron chi connectivity index (χ1n) is 4.42. The van der Waals surface area contributed by atoms with Crippen LogP contribution in [-0.2, 0) is 9.59 Å². The van der Waals surface area contributed by atoms with E-state index in [9.17, 15) is 9.59 Å². The minimum Gasteiger partial charge on any atom is -0.480 e. The highest BCUT2D eigenvalue weighted by Gasteiger charge is 2.32. The SMILES string of the molecule is CN(C)N1CCN(C=O)CC1C(=O)O. The van der Waals surface area contributed by atoms with Gasteiger partial charge in [-0.15, -0.1) is 0 Å². The summed E-state index contributed by atoms with van der Waals surface area (Å²) in [5, 5.41) is 12.4. The average molecular weight is 201 g/mol. The van der Waals surface area contributed by atoms with E-state index in [0.717, 1.165) is 0 Å². The van der Waals surface area contributed by atoms with E-state index < -0.39 is 12.0 Å². The zero-order chi connectivity index (χ0) is 10.7. The van der Waals surface area contributed by atoms with Gasteiger partial charge < -0.3 is 10.0 Å². The molecule has 1 saturated heterocycles. The highest BCUT2D eigenvalue weighted by Crippen LogP contribution is 2.09. The zero-order valence-electron chi connectivity index (χ0n) is 8.38. The summed E-state index contributed by atoms with van der Waals surface area (Å²) in [5.74, 6) is -0.898. The predicted molar refractivity (Wildman–Crippen MR) is 49.5 cm³/mol. The number of amides is 1. The standard InChI is InChI=1S/C8H15N3O3/c1-9(2)11-4-3-10(6-12)5-7(11)8(13)14/h6-7H,3-5H2,1-2H3,(H,13,14). The molecule has 80 valence electrons. The Labute approximate surface area is 82.7 Å². The third-order valence-corrected chi connectivity index (χ3v) is 2.33. The molecule has 0 bridgehead atoms. The molecule has 0 spiro atoms. The molecule has 6 heteroatoms. The van der Waals surface area contributed by atoms with Crippen LogP contribution in [-0.4, -0.2) is 72.2 Å². The molecule has 1 amide bonds. The Balaban J connectivity index is 2.70. The number of carboxylic acids is 1.